The van der Waals surface area contributed by atoms with Crippen molar-refractivity contribution in [2.24, 2.45) is 5.73 Å². The lowest BCUT2D eigenvalue weighted by Crippen LogP contribution is -2.81. The molecule has 16 heteroatoms. The highest BCUT2D eigenvalue weighted by molar-refractivity contribution is 7.80. The Kier molecular flexibility index (Phi) is 3.92. The van der Waals surface area contributed by atoms with E-state index in [-0.39, 0.29) is 12.6 Å². The zero-order chi connectivity index (χ0) is 19.5. The van der Waals surface area contributed by atoms with Gasteiger partial charge in [-0.25, -0.2) is 8.98 Å². The average Bonchev–Trinajstić information content (AvgIpc) is 2.93. The van der Waals surface area contributed by atoms with Gasteiger partial charge in [0.15, 0.2) is 23.7 Å². The summed E-state index contributed by atoms with van der Waals surface area (Å²) in [5.74, 6) is -3.74. The first-order valence-corrected chi connectivity index (χ1v) is 8.53. The molecular weight excluding hydrogens is 378 g/mol. The fourth-order valence-electron chi connectivity index (χ4n) is 3.55. The molecule has 3 aliphatic rings. The summed E-state index contributed by atoms with van der Waals surface area (Å²) in [4.78, 5) is 11.9. The molecule has 15 nitrogen and oxygen atoms in total. The van der Waals surface area contributed by atoms with E-state index < -0.39 is 58.6 Å². The molecule has 3 aliphatic heterocycles. The molecule has 3 fully saturated rings. The van der Waals surface area contributed by atoms with Crippen molar-refractivity contribution in [2.75, 3.05) is 13.2 Å². The minimum atomic E-state index is -5.04. The lowest BCUT2D eigenvalue weighted by molar-refractivity contribution is -0.254. The summed E-state index contributed by atoms with van der Waals surface area (Å²) in [6.45, 7) is -0.916. The van der Waals surface area contributed by atoms with Crippen LogP contribution in [0.3, 0.4) is 0 Å². The molecule has 0 saturated carbocycles. The maximum atomic E-state index is 11.0. The van der Waals surface area contributed by atoms with Gasteiger partial charge < -0.3 is 41.5 Å². The molecule has 0 aliphatic carbocycles. The number of aliphatic hydroxyl groups is 2. The minimum absolute atomic E-state index is 0.361. The van der Waals surface area contributed by atoms with Crippen LogP contribution in [0.4, 0.5) is 4.79 Å². The van der Waals surface area contributed by atoms with Crippen molar-refractivity contribution in [3.63, 3.8) is 0 Å². The van der Waals surface area contributed by atoms with Gasteiger partial charge in [-0.05, 0) is 0 Å². The standard InChI is InChI=1S/C10H17N7O8S/c11-6-15-5-3(2-24-8(13)18)14-7(12)17-1-4(25-26(21,22)23)10(19,20)9(5,17)16-6/h3-5,19-20H,1-2H2,(H2,12,14)(H2,13,18)(H3,11,15,16)(H,21,22,23)/t3-,4+,5?,9-/m0/s1. The van der Waals surface area contributed by atoms with Crippen LogP contribution in [0.5, 0.6) is 0 Å². The third-order valence-corrected chi connectivity index (χ3v) is 4.96. The molecule has 0 radical (unpaired) electrons. The van der Waals surface area contributed by atoms with E-state index in [9.17, 15) is 23.4 Å². The molecule has 4 atom stereocenters. The third kappa shape index (κ3) is 2.58. The van der Waals surface area contributed by atoms with E-state index in [0.29, 0.717) is 0 Å². The number of nitrogens with zero attached hydrogens (tertiary/aromatic N) is 1. The van der Waals surface area contributed by atoms with Crippen molar-refractivity contribution in [1.82, 2.24) is 20.9 Å². The van der Waals surface area contributed by atoms with E-state index in [1.54, 1.807) is 0 Å². The lowest BCUT2D eigenvalue weighted by atomic mass is 9.85. The van der Waals surface area contributed by atoms with Gasteiger partial charge in [0, 0.05) is 0 Å². The highest BCUT2D eigenvalue weighted by Crippen LogP contribution is 2.44. The molecule has 3 saturated heterocycles. The molecule has 26 heavy (non-hydrogen) atoms. The predicted octanol–water partition coefficient (Wildman–Crippen LogP) is -4.63. The molecule has 1 spiro atoms. The summed E-state index contributed by atoms with van der Waals surface area (Å²) >= 11 is 0. The number of nitrogens with one attached hydrogen (secondary N) is 5. The van der Waals surface area contributed by atoms with Crippen LogP contribution < -0.4 is 21.7 Å². The monoisotopic (exact) mass is 395 g/mol. The van der Waals surface area contributed by atoms with Crippen LogP contribution >= 0.6 is 0 Å². The van der Waals surface area contributed by atoms with Gasteiger partial charge in [-0.1, -0.05) is 0 Å². The van der Waals surface area contributed by atoms with E-state index in [2.05, 4.69) is 24.9 Å². The summed E-state index contributed by atoms with van der Waals surface area (Å²) in [5.41, 5.74) is 2.89. The van der Waals surface area contributed by atoms with E-state index in [1.807, 2.05) is 0 Å². The maximum absolute atomic E-state index is 11.0. The predicted molar refractivity (Wildman–Crippen MR) is 81.0 cm³/mol. The SMILES string of the molecule is N=C1NC2[C@H](COC(N)=O)NC(=N)N3C[C@@H](OS(=O)(=O)O)C(O)(O)[C@]23N1. The number of carbonyl (C=O) groups is 1. The normalized spacial score (nSPS) is 35.0. The number of ether oxygens (including phenoxy) is 1. The molecule has 0 bridgehead atoms. The van der Waals surface area contributed by atoms with Crippen LogP contribution in [0.25, 0.3) is 0 Å². The molecule has 3 heterocycles. The molecule has 146 valence electrons. The fourth-order valence-corrected chi connectivity index (χ4v) is 4.04. The van der Waals surface area contributed by atoms with Crippen LogP contribution in [0.2, 0.25) is 0 Å². The highest BCUT2D eigenvalue weighted by Gasteiger charge is 2.75. The van der Waals surface area contributed by atoms with E-state index in [1.165, 1.54) is 0 Å². The Hall–Kier alpha value is -2.40. The van der Waals surface area contributed by atoms with Gasteiger partial charge in [-0.3, -0.25) is 15.4 Å². The molecule has 1 amide bonds. The molecule has 10 N–H and O–H groups in total. The van der Waals surface area contributed by atoms with Gasteiger partial charge in [-0.15, -0.1) is 0 Å². The number of hydrogen-bond donors (Lipinski definition) is 9. The number of guanidine groups is 2. The van der Waals surface area contributed by atoms with Crippen LogP contribution in [0, 0.1) is 10.8 Å². The summed E-state index contributed by atoms with van der Waals surface area (Å²) in [6, 6.07) is -2.03. The zero-order valence-corrected chi connectivity index (χ0v) is 13.8. The topological polar surface area (TPSA) is 243 Å². The van der Waals surface area contributed by atoms with Crippen LogP contribution in [-0.4, -0.2) is 88.9 Å². The number of rotatable bonds is 4. The van der Waals surface area contributed by atoms with Crippen molar-refractivity contribution in [3.05, 3.63) is 0 Å². The summed E-state index contributed by atoms with van der Waals surface area (Å²) in [6.07, 6.45) is -2.99. The number of primary amides is 1. The second-order valence-electron chi connectivity index (χ2n) is 5.97. The van der Waals surface area contributed by atoms with Crippen molar-refractivity contribution < 1.29 is 36.9 Å². The largest absolute Gasteiger partial charge is 0.447 e. The van der Waals surface area contributed by atoms with Crippen LogP contribution in [0.1, 0.15) is 0 Å². The van der Waals surface area contributed by atoms with Crippen molar-refractivity contribution >= 4 is 28.4 Å². The second-order valence-corrected chi connectivity index (χ2v) is 7.02. The first-order chi connectivity index (χ1) is 11.9. The maximum Gasteiger partial charge on any atom is 0.404 e. The Labute approximate surface area is 146 Å². The molecule has 0 aromatic rings. The molecule has 1 unspecified atom stereocenters. The first-order valence-electron chi connectivity index (χ1n) is 7.17. The summed E-state index contributed by atoms with van der Waals surface area (Å²) in [5, 5.41) is 44.9. The highest BCUT2D eigenvalue weighted by atomic mass is 32.3. The van der Waals surface area contributed by atoms with E-state index >= 15 is 0 Å². The third-order valence-electron chi connectivity index (χ3n) is 4.49. The Morgan fingerprint density at radius 1 is 1.38 bits per heavy atom. The van der Waals surface area contributed by atoms with Gasteiger partial charge in [0.2, 0.25) is 5.79 Å². The lowest BCUT2D eigenvalue weighted by Gasteiger charge is -2.50. The average molecular weight is 395 g/mol. The van der Waals surface area contributed by atoms with Gasteiger partial charge in [0.1, 0.15) is 6.61 Å². The van der Waals surface area contributed by atoms with Gasteiger partial charge >= 0.3 is 16.5 Å². The van der Waals surface area contributed by atoms with Crippen molar-refractivity contribution in [1.29, 1.82) is 10.8 Å². The number of carbonyl (C=O) groups excluding carboxylic acids is 1. The second kappa shape index (κ2) is 5.55. The van der Waals surface area contributed by atoms with E-state index in [4.69, 9.17) is 21.1 Å². The summed E-state index contributed by atoms with van der Waals surface area (Å²) in [7, 11) is -5.04. The minimum Gasteiger partial charge on any atom is -0.447 e. The smallest absolute Gasteiger partial charge is 0.404 e. The molecule has 0 aromatic heterocycles. The molecular formula is C10H17N7O8S. The van der Waals surface area contributed by atoms with Gasteiger partial charge in [0.05, 0.1) is 18.6 Å². The molecule has 0 aromatic carbocycles. The zero-order valence-electron chi connectivity index (χ0n) is 13.0. The Morgan fingerprint density at radius 2 is 2.04 bits per heavy atom. The number of amides is 1. The van der Waals surface area contributed by atoms with E-state index in [0.717, 1.165) is 4.90 Å². The fraction of sp³-hybridized carbons (Fsp3) is 0.700. The molecule has 3 rings (SSSR count). The Bertz CT molecular complexity index is 771. The summed E-state index contributed by atoms with van der Waals surface area (Å²) < 4.78 is 40.0. The van der Waals surface area contributed by atoms with Gasteiger partial charge in [0.25, 0.3) is 0 Å². The number of hydrogen-bond acceptors (Lipinski definition) is 9. The van der Waals surface area contributed by atoms with Crippen molar-refractivity contribution in [3.8, 4) is 0 Å². The van der Waals surface area contributed by atoms with Gasteiger partial charge in [-0.2, -0.15) is 8.42 Å². The Morgan fingerprint density at radius 3 is 2.62 bits per heavy atom. The Balaban J connectivity index is 2.02. The first kappa shape index (κ1) is 18.4. The van der Waals surface area contributed by atoms with Crippen LogP contribution in [0.15, 0.2) is 0 Å². The van der Waals surface area contributed by atoms with Crippen molar-refractivity contribution in [2.45, 2.75) is 29.6 Å². The van der Waals surface area contributed by atoms with Crippen LogP contribution in [-0.2, 0) is 19.3 Å². The number of nitrogens with two attached hydrogens (primary N) is 1. The quantitative estimate of drug-likeness (QED) is 0.161.